The zero-order valence-corrected chi connectivity index (χ0v) is 9.06. The van der Waals surface area contributed by atoms with Crippen LogP contribution >= 0.6 is 0 Å². The Morgan fingerprint density at radius 2 is 2.27 bits per heavy atom. The topological polar surface area (TPSA) is 99.2 Å². The molecule has 0 spiro atoms. The summed E-state index contributed by atoms with van der Waals surface area (Å²) in [4.78, 5) is 3.64. The smallest absolute Gasteiger partial charge is 0.309 e. The first-order valence-electron chi connectivity index (χ1n) is 3.95. The van der Waals surface area contributed by atoms with E-state index in [0.29, 0.717) is 0 Å². The van der Waals surface area contributed by atoms with Gasteiger partial charge in [0.2, 0.25) is 5.82 Å². The number of hydrogen-bond acceptors (Lipinski definition) is 5. The number of hydrogen-bond donors (Lipinski definition) is 1. The summed E-state index contributed by atoms with van der Waals surface area (Å²) in [5.74, 6) is -0.271. The minimum absolute atomic E-state index is 0.136. The molecule has 0 amide bonds. The predicted octanol–water partition coefficient (Wildman–Crippen LogP) is -1.10. The van der Waals surface area contributed by atoms with Gasteiger partial charge in [-0.2, -0.15) is 18.0 Å². The molecule has 1 rings (SSSR count). The van der Waals surface area contributed by atoms with Crippen LogP contribution in [0.5, 0.6) is 0 Å². The molecular weight excluding hydrogens is 220 g/mol. The first kappa shape index (κ1) is 11.6. The van der Waals surface area contributed by atoms with Crippen molar-refractivity contribution in [2.24, 2.45) is 0 Å². The minimum Gasteiger partial charge on any atom is -0.390 e. The third-order valence-corrected chi connectivity index (χ3v) is 3.39. The molecular formula is C7H10N4O3S. The third kappa shape index (κ3) is 1.99. The van der Waals surface area contributed by atoms with Crippen LogP contribution in [0.25, 0.3) is 0 Å². The summed E-state index contributed by atoms with van der Waals surface area (Å²) < 4.78 is 25.0. The molecule has 1 aromatic heterocycles. The van der Waals surface area contributed by atoms with Crippen LogP contribution in [0.4, 0.5) is 0 Å². The van der Waals surface area contributed by atoms with E-state index in [0.717, 1.165) is 14.5 Å². The third-order valence-electron chi connectivity index (χ3n) is 1.70. The van der Waals surface area contributed by atoms with Crippen molar-refractivity contribution >= 4 is 10.2 Å². The van der Waals surface area contributed by atoms with Crippen molar-refractivity contribution in [2.45, 2.75) is 6.61 Å². The molecule has 0 fully saturated rings. The van der Waals surface area contributed by atoms with Crippen molar-refractivity contribution in [1.82, 2.24) is 13.3 Å². The van der Waals surface area contributed by atoms with E-state index >= 15 is 0 Å². The van der Waals surface area contributed by atoms with Crippen LogP contribution in [0.15, 0.2) is 6.20 Å². The van der Waals surface area contributed by atoms with Gasteiger partial charge < -0.3 is 5.11 Å². The summed E-state index contributed by atoms with van der Waals surface area (Å²) >= 11 is 0. The van der Waals surface area contributed by atoms with Crippen molar-refractivity contribution in [3.05, 3.63) is 17.7 Å². The van der Waals surface area contributed by atoms with E-state index in [1.807, 2.05) is 0 Å². The van der Waals surface area contributed by atoms with Crippen molar-refractivity contribution in [1.29, 1.82) is 5.26 Å². The van der Waals surface area contributed by atoms with Crippen molar-refractivity contribution in [2.75, 3.05) is 14.1 Å². The lowest BCUT2D eigenvalue weighted by molar-refractivity contribution is 0.277. The first-order valence-corrected chi connectivity index (χ1v) is 5.35. The number of nitriles is 1. The monoisotopic (exact) mass is 230 g/mol. The second-order valence-corrected chi connectivity index (χ2v) is 4.93. The van der Waals surface area contributed by atoms with Gasteiger partial charge in [-0.05, 0) is 0 Å². The normalized spacial score (nSPS) is 11.7. The first-order chi connectivity index (χ1) is 6.93. The molecule has 82 valence electrons. The van der Waals surface area contributed by atoms with Crippen LogP contribution in [0.2, 0.25) is 0 Å². The Hall–Kier alpha value is -1.43. The molecule has 0 aliphatic rings. The van der Waals surface area contributed by atoms with Crippen LogP contribution in [0.3, 0.4) is 0 Å². The van der Waals surface area contributed by atoms with E-state index in [2.05, 4.69) is 4.98 Å². The summed E-state index contributed by atoms with van der Waals surface area (Å²) in [6.07, 6.45) is 1.12. The maximum absolute atomic E-state index is 11.7. The van der Waals surface area contributed by atoms with Crippen LogP contribution in [-0.2, 0) is 16.8 Å². The molecule has 0 radical (unpaired) electrons. The molecule has 0 atom stereocenters. The summed E-state index contributed by atoms with van der Waals surface area (Å²) in [5, 5.41) is 17.5. The molecule has 0 saturated heterocycles. The van der Waals surface area contributed by atoms with Crippen LogP contribution in [-0.4, -0.2) is 40.9 Å². The van der Waals surface area contributed by atoms with Gasteiger partial charge in [0, 0.05) is 20.3 Å². The molecule has 1 aromatic rings. The highest BCUT2D eigenvalue weighted by atomic mass is 32.2. The SMILES string of the molecule is CN(C)S(=O)(=O)n1cc(CO)nc1C#N. The maximum atomic E-state index is 11.7. The van der Waals surface area contributed by atoms with Crippen molar-refractivity contribution in [3.8, 4) is 6.07 Å². The highest BCUT2D eigenvalue weighted by Crippen LogP contribution is 2.08. The van der Waals surface area contributed by atoms with E-state index in [1.165, 1.54) is 14.1 Å². The van der Waals surface area contributed by atoms with Crippen molar-refractivity contribution in [3.63, 3.8) is 0 Å². The standard InChI is InChI=1S/C7H10N4O3S/c1-10(2)15(13,14)11-4-6(5-12)9-7(11)3-8/h4,12H,5H2,1-2H3. The largest absolute Gasteiger partial charge is 0.390 e. The Morgan fingerprint density at radius 3 is 2.67 bits per heavy atom. The molecule has 0 bridgehead atoms. The van der Waals surface area contributed by atoms with E-state index in [9.17, 15) is 8.42 Å². The quantitative estimate of drug-likeness (QED) is 0.710. The predicted molar refractivity (Wildman–Crippen MR) is 50.9 cm³/mol. The second kappa shape index (κ2) is 3.98. The van der Waals surface area contributed by atoms with Gasteiger partial charge in [-0.25, -0.2) is 8.96 Å². The lowest BCUT2D eigenvalue weighted by Gasteiger charge is -2.11. The zero-order valence-electron chi connectivity index (χ0n) is 8.25. The molecule has 0 aliphatic heterocycles. The molecule has 7 nitrogen and oxygen atoms in total. The number of rotatable bonds is 3. The molecule has 0 unspecified atom stereocenters. The summed E-state index contributed by atoms with van der Waals surface area (Å²) in [6.45, 7) is -0.412. The van der Waals surface area contributed by atoms with Gasteiger partial charge in [0.05, 0.1) is 12.3 Å². The Balaban J connectivity index is 3.38. The van der Waals surface area contributed by atoms with Crippen LogP contribution < -0.4 is 0 Å². The van der Waals surface area contributed by atoms with E-state index in [1.54, 1.807) is 6.07 Å². The Bertz CT molecular complexity index is 497. The lowest BCUT2D eigenvalue weighted by Crippen LogP contribution is -2.29. The zero-order chi connectivity index (χ0) is 11.6. The van der Waals surface area contributed by atoms with Crippen LogP contribution in [0.1, 0.15) is 11.5 Å². The van der Waals surface area contributed by atoms with Gasteiger partial charge >= 0.3 is 10.2 Å². The second-order valence-electron chi connectivity index (χ2n) is 2.91. The van der Waals surface area contributed by atoms with Gasteiger partial charge in [-0.15, -0.1) is 0 Å². The molecule has 0 aromatic carbocycles. The Kier molecular flexibility index (Phi) is 3.09. The van der Waals surface area contributed by atoms with Crippen LogP contribution in [0, 0.1) is 11.3 Å². The summed E-state index contributed by atoms with van der Waals surface area (Å²) in [7, 11) is -1.07. The molecule has 8 heteroatoms. The summed E-state index contributed by atoms with van der Waals surface area (Å²) in [5.41, 5.74) is 0.136. The van der Waals surface area contributed by atoms with Gasteiger partial charge in [0.1, 0.15) is 6.07 Å². The fourth-order valence-electron chi connectivity index (χ4n) is 0.913. The lowest BCUT2D eigenvalue weighted by atomic mass is 10.5. The van der Waals surface area contributed by atoms with Crippen molar-refractivity contribution < 1.29 is 13.5 Å². The fourth-order valence-corrected chi connectivity index (χ4v) is 1.82. The van der Waals surface area contributed by atoms with E-state index < -0.39 is 16.8 Å². The highest BCUT2D eigenvalue weighted by Gasteiger charge is 2.21. The Morgan fingerprint density at radius 1 is 1.67 bits per heavy atom. The molecule has 0 aliphatic carbocycles. The highest BCUT2D eigenvalue weighted by molar-refractivity contribution is 7.87. The number of imidazole rings is 1. The average molecular weight is 230 g/mol. The fraction of sp³-hybridized carbons (Fsp3) is 0.429. The molecule has 0 saturated carbocycles. The van der Waals surface area contributed by atoms with Gasteiger partial charge in [0.15, 0.2) is 0 Å². The maximum Gasteiger partial charge on any atom is 0.309 e. The number of aliphatic hydroxyl groups excluding tert-OH is 1. The van der Waals surface area contributed by atoms with Gasteiger partial charge in [-0.3, -0.25) is 0 Å². The number of aromatic nitrogens is 2. The van der Waals surface area contributed by atoms with Gasteiger partial charge in [-0.1, -0.05) is 0 Å². The number of nitrogens with zero attached hydrogens (tertiary/aromatic N) is 4. The number of aliphatic hydroxyl groups is 1. The van der Waals surface area contributed by atoms with E-state index in [4.69, 9.17) is 10.4 Å². The van der Waals surface area contributed by atoms with Gasteiger partial charge in [0.25, 0.3) is 0 Å². The molecule has 1 N–H and O–H groups in total. The molecule has 15 heavy (non-hydrogen) atoms. The molecule has 1 heterocycles. The average Bonchev–Trinajstić information content (AvgIpc) is 2.60. The Labute approximate surface area is 87.4 Å². The van der Waals surface area contributed by atoms with E-state index in [-0.39, 0.29) is 11.5 Å². The summed E-state index contributed by atoms with van der Waals surface area (Å²) in [6, 6.07) is 1.65. The minimum atomic E-state index is -3.76.